The van der Waals surface area contributed by atoms with Crippen LogP contribution in [0.2, 0.25) is 0 Å². The predicted octanol–water partition coefficient (Wildman–Crippen LogP) is 3.27. The number of hydrogen-bond donors (Lipinski definition) is 2. The summed E-state index contributed by atoms with van der Waals surface area (Å²) < 4.78 is 11.4. The first-order chi connectivity index (χ1) is 14.0. The molecule has 0 saturated carbocycles. The standard InChI is InChI=1S/C22H35N5O2/c1-6-23-22(25-16-21-26-17(4)18(5)29-21)24-15-19-9-11-20(12-10-19)28-14-13-27(7-2)8-3/h9-12H,6-8,13-16H2,1-5H3,(H2,23,24,25). The third kappa shape index (κ3) is 7.77. The normalized spacial score (nSPS) is 11.7. The van der Waals surface area contributed by atoms with Crippen LogP contribution < -0.4 is 15.4 Å². The Balaban J connectivity index is 1.84. The molecule has 0 unspecified atom stereocenters. The monoisotopic (exact) mass is 401 g/mol. The van der Waals surface area contributed by atoms with E-state index in [1.807, 2.05) is 32.9 Å². The van der Waals surface area contributed by atoms with Gasteiger partial charge >= 0.3 is 0 Å². The van der Waals surface area contributed by atoms with Gasteiger partial charge in [0.2, 0.25) is 5.89 Å². The second-order valence-electron chi connectivity index (χ2n) is 6.82. The first kappa shape index (κ1) is 22.7. The number of aryl methyl sites for hydroxylation is 2. The largest absolute Gasteiger partial charge is 0.492 e. The minimum absolute atomic E-state index is 0.500. The van der Waals surface area contributed by atoms with Crippen molar-refractivity contribution in [2.75, 3.05) is 32.8 Å². The fourth-order valence-corrected chi connectivity index (χ4v) is 2.81. The van der Waals surface area contributed by atoms with E-state index in [9.17, 15) is 0 Å². The van der Waals surface area contributed by atoms with Gasteiger partial charge in [-0.15, -0.1) is 0 Å². The number of aromatic nitrogens is 1. The Kier molecular flexibility index (Phi) is 9.50. The summed E-state index contributed by atoms with van der Waals surface area (Å²) in [6.07, 6.45) is 0. The van der Waals surface area contributed by atoms with E-state index in [1.165, 1.54) is 0 Å². The van der Waals surface area contributed by atoms with Gasteiger partial charge < -0.3 is 24.7 Å². The summed E-state index contributed by atoms with van der Waals surface area (Å²) >= 11 is 0. The maximum atomic E-state index is 5.84. The van der Waals surface area contributed by atoms with Crippen molar-refractivity contribution in [3.8, 4) is 5.75 Å². The fourth-order valence-electron chi connectivity index (χ4n) is 2.81. The van der Waals surface area contributed by atoms with Crippen molar-refractivity contribution in [1.29, 1.82) is 0 Å². The number of rotatable bonds is 11. The number of ether oxygens (including phenoxy) is 1. The highest BCUT2D eigenvalue weighted by atomic mass is 16.5. The van der Waals surface area contributed by atoms with Crippen molar-refractivity contribution < 1.29 is 9.15 Å². The van der Waals surface area contributed by atoms with E-state index in [4.69, 9.17) is 9.15 Å². The molecule has 0 saturated heterocycles. The number of nitrogens with zero attached hydrogens (tertiary/aromatic N) is 3. The van der Waals surface area contributed by atoms with E-state index < -0.39 is 0 Å². The Morgan fingerprint density at radius 3 is 2.41 bits per heavy atom. The summed E-state index contributed by atoms with van der Waals surface area (Å²) in [5, 5.41) is 6.51. The van der Waals surface area contributed by atoms with Crippen LogP contribution >= 0.6 is 0 Å². The third-order valence-electron chi connectivity index (χ3n) is 4.74. The molecular formula is C22H35N5O2. The molecule has 29 heavy (non-hydrogen) atoms. The highest BCUT2D eigenvalue weighted by Gasteiger charge is 2.06. The lowest BCUT2D eigenvalue weighted by Crippen LogP contribution is -2.36. The highest BCUT2D eigenvalue weighted by Crippen LogP contribution is 2.13. The lowest BCUT2D eigenvalue weighted by Gasteiger charge is -2.18. The van der Waals surface area contributed by atoms with Crippen LogP contribution in [0.1, 0.15) is 43.7 Å². The molecule has 2 aromatic rings. The molecular weight excluding hydrogens is 366 g/mol. The number of likely N-dealkylation sites (N-methyl/N-ethyl adjacent to an activating group) is 1. The Hall–Kier alpha value is -2.54. The molecule has 0 aliphatic rings. The van der Waals surface area contributed by atoms with E-state index in [0.29, 0.717) is 25.6 Å². The van der Waals surface area contributed by atoms with Crippen LogP contribution in [-0.2, 0) is 13.1 Å². The number of hydrogen-bond acceptors (Lipinski definition) is 5. The van der Waals surface area contributed by atoms with Gasteiger partial charge in [-0.1, -0.05) is 26.0 Å². The van der Waals surface area contributed by atoms with E-state index in [1.54, 1.807) is 0 Å². The van der Waals surface area contributed by atoms with Crippen LogP contribution in [0.15, 0.2) is 33.7 Å². The number of aliphatic imine (C=N–C) groups is 1. The van der Waals surface area contributed by atoms with Gasteiger partial charge in [-0.05, 0) is 51.6 Å². The molecule has 0 amide bonds. The van der Waals surface area contributed by atoms with Crippen molar-refractivity contribution >= 4 is 5.96 Å². The number of guanidine groups is 1. The molecule has 0 fully saturated rings. The molecule has 0 radical (unpaired) electrons. The minimum Gasteiger partial charge on any atom is -0.492 e. The third-order valence-corrected chi connectivity index (χ3v) is 4.74. The smallest absolute Gasteiger partial charge is 0.214 e. The van der Waals surface area contributed by atoms with Crippen LogP contribution in [0, 0.1) is 13.8 Å². The second kappa shape index (κ2) is 12.1. The number of benzene rings is 1. The minimum atomic E-state index is 0.500. The van der Waals surface area contributed by atoms with Crippen LogP contribution in [0.25, 0.3) is 0 Å². The fraction of sp³-hybridized carbons (Fsp3) is 0.545. The predicted molar refractivity (Wildman–Crippen MR) is 117 cm³/mol. The van der Waals surface area contributed by atoms with Crippen LogP contribution in [0.5, 0.6) is 5.75 Å². The molecule has 0 aliphatic heterocycles. The molecule has 7 nitrogen and oxygen atoms in total. The molecule has 0 aliphatic carbocycles. The maximum Gasteiger partial charge on any atom is 0.214 e. The lowest BCUT2D eigenvalue weighted by atomic mass is 10.2. The van der Waals surface area contributed by atoms with Crippen LogP contribution in [-0.4, -0.2) is 48.6 Å². The zero-order valence-electron chi connectivity index (χ0n) is 18.4. The molecule has 160 valence electrons. The van der Waals surface area contributed by atoms with Gasteiger partial charge in [-0.3, -0.25) is 0 Å². The van der Waals surface area contributed by atoms with Gasteiger partial charge in [-0.25, -0.2) is 9.98 Å². The summed E-state index contributed by atoms with van der Waals surface area (Å²) in [7, 11) is 0. The number of nitrogens with one attached hydrogen (secondary N) is 2. The maximum absolute atomic E-state index is 5.84. The Morgan fingerprint density at radius 2 is 1.83 bits per heavy atom. The van der Waals surface area contributed by atoms with Gasteiger partial charge in [0.1, 0.15) is 18.1 Å². The summed E-state index contributed by atoms with van der Waals surface area (Å²) in [5.41, 5.74) is 2.05. The molecule has 7 heteroatoms. The van der Waals surface area contributed by atoms with Crippen LogP contribution in [0.4, 0.5) is 0 Å². The van der Waals surface area contributed by atoms with Gasteiger partial charge in [0.05, 0.1) is 18.8 Å². The average molecular weight is 402 g/mol. The number of oxazole rings is 1. The van der Waals surface area contributed by atoms with E-state index in [-0.39, 0.29) is 0 Å². The molecule has 0 atom stereocenters. The first-order valence-electron chi connectivity index (χ1n) is 10.4. The van der Waals surface area contributed by atoms with Crippen LogP contribution in [0.3, 0.4) is 0 Å². The Labute approximate surface area is 174 Å². The van der Waals surface area contributed by atoms with E-state index in [2.05, 4.69) is 51.5 Å². The summed E-state index contributed by atoms with van der Waals surface area (Å²) in [6.45, 7) is 15.9. The van der Waals surface area contributed by atoms with Crippen molar-refractivity contribution in [3.05, 3.63) is 47.2 Å². The molecule has 2 N–H and O–H groups in total. The molecule has 2 rings (SSSR count). The van der Waals surface area contributed by atoms with Gasteiger partial charge in [0, 0.05) is 13.1 Å². The van der Waals surface area contributed by atoms with Gasteiger partial charge in [0.15, 0.2) is 5.96 Å². The zero-order valence-corrected chi connectivity index (χ0v) is 18.4. The Bertz CT molecular complexity index is 732. The van der Waals surface area contributed by atoms with Crippen molar-refractivity contribution in [1.82, 2.24) is 20.5 Å². The van der Waals surface area contributed by atoms with Crippen molar-refractivity contribution in [2.24, 2.45) is 4.99 Å². The second-order valence-corrected chi connectivity index (χ2v) is 6.82. The van der Waals surface area contributed by atoms with Gasteiger partial charge in [-0.2, -0.15) is 0 Å². The zero-order chi connectivity index (χ0) is 21.1. The topological polar surface area (TPSA) is 74.9 Å². The highest BCUT2D eigenvalue weighted by molar-refractivity contribution is 5.79. The summed E-state index contributed by atoms with van der Waals surface area (Å²) in [5.74, 6) is 3.14. The molecule has 0 spiro atoms. The SMILES string of the molecule is CCNC(=NCc1ccc(OCCN(CC)CC)cc1)NCc1nc(C)c(C)o1. The average Bonchev–Trinajstić information content (AvgIpc) is 3.06. The van der Waals surface area contributed by atoms with E-state index >= 15 is 0 Å². The summed E-state index contributed by atoms with van der Waals surface area (Å²) in [6, 6.07) is 8.12. The quantitative estimate of drug-likeness (QED) is 0.445. The lowest BCUT2D eigenvalue weighted by molar-refractivity contribution is 0.223. The van der Waals surface area contributed by atoms with E-state index in [0.717, 1.165) is 54.9 Å². The van der Waals surface area contributed by atoms with Crippen molar-refractivity contribution in [2.45, 2.75) is 47.7 Å². The molecule has 1 aromatic carbocycles. The summed E-state index contributed by atoms with van der Waals surface area (Å²) in [4.78, 5) is 11.4. The molecule has 1 aromatic heterocycles. The first-order valence-corrected chi connectivity index (χ1v) is 10.4. The molecule has 1 heterocycles. The van der Waals surface area contributed by atoms with Crippen molar-refractivity contribution in [3.63, 3.8) is 0 Å². The molecule has 0 bridgehead atoms. The van der Waals surface area contributed by atoms with Gasteiger partial charge in [0.25, 0.3) is 0 Å². The Morgan fingerprint density at radius 1 is 1.10 bits per heavy atom.